The predicted molar refractivity (Wildman–Crippen MR) is 79.6 cm³/mol. The van der Waals surface area contributed by atoms with Gasteiger partial charge in [-0.15, -0.1) is 0 Å². The zero-order valence-electron chi connectivity index (χ0n) is 11.4. The van der Waals surface area contributed by atoms with Crippen LogP contribution < -0.4 is 4.74 Å². The van der Waals surface area contributed by atoms with Crippen LogP contribution in [0.3, 0.4) is 0 Å². The lowest BCUT2D eigenvalue weighted by Crippen LogP contribution is -2.35. The van der Waals surface area contributed by atoms with E-state index in [4.69, 9.17) is 4.74 Å². The van der Waals surface area contributed by atoms with Crippen LogP contribution >= 0.6 is 15.9 Å². The molecule has 1 N–H and O–H groups in total. The molecule has 1 saturated carbocycles. The average molecular weight is 325 g/mol. The van der Waals surface area contributed by atoms with Gasteiger partial charge < -0.3 is 9.84 Å². The lowest BCUT2D eigenvalue weighted by molar-refractivity contribution is -0.00709. The highest BCUT2D eigenvalue weighted by Gasteiger charge is 2.33. The molecule has 0 bridgehead atoms. The van der Waals surface area contributed by atoms with Crippen LogP contribution in [0.1, 0.15) is 43.7 Å². The third kappa shape index (κ3) is 2.82. The molecule has 0 spiro atoms. The van der Waals surface area contributed by atoms with Gasteiger partial charge in [0, 0.05) is 17.3 Å². The minimum Gasteiger partial charge on any atom is -0.493 e. The van der Waals surface area contributed by atoms with Crippen molar-refractivity contribution in [1.29, 1.82) is 0 Å². The summed E-state index contributed by atoms with van der Waals surface area (Å²) in [4.78, 5) is 0. The van der Waals surface area contributed by atoms with Gasteiger partial charge in [0.1, 0.15) is 5.75 Å². The van der Waals surface area contributed by atoms with E-state index >= 15 is 0 Å². The standard InChI is InChI=1S/C16H21BrO2/c1-11-2-5-16(18,6-3-11)10-13-9-14(17)8-12-4-7-19-15(12)13/h8-9,11,18H,2-7,10H2,1H3. The fraction of sp³-hybridized carbons (Fsp3) is 0.625. The fourth-order valence-electron chi connectivity index (χ4n) is 3.31. The van der Waals surface area contributed by atoms with Crippen LogP contribution in [0.2, 0.25) is 0 Å². The zero-order chi connectivity index (χ0) is 13.5. The first-order valence-electron chi connectivity index (χ1n) is 7.22. The molecule has 1 aliphatic carbocycles. The number of halogens is 1. The third-order valence-electron chi connectivity index (χ3n) is 4.55. The molecule has 0 amide bonds. The van der Waals surface area contributed by atoms with E-state index in [1.807, 2.05) is 0 Å². The first-order chi connectivity index (χ1) is 9.06. The maximum Gasteiger partial charge on any atom is 0.125 e. The van der Waals surface area contributed by atoms with E-state index in [0.29, 0.717) is 0 Å². The van der Waals surface area contributed by atoms with Gasteiger partial charge >= 0.3 is 0 Å². The van der Waals surface area contributed by atoms with Gasteiger partial charge in [-0.3, -0.25) is 0 Å². The summed E-state index contributed by atoms with van der Waals surface area (Å²) < 4.78 is 6.86. The van der Waals surface area contributed by atoms with E-state index in [-0.39, 0.29) is 0 Å². The van der Waals surface area contributed by atoms with Crippen LogP contribution in [0, 0.1) is 5.92 Å². The molecule has 0 atom stereocenters. The Kier molecular flexibility index (Phi) is 3.61. The lowest BCUT2D eigenvalue weighted by atomic mass is 9.76. The van der Waals surface area contributed by atoms with E-state index in [1.54, 1.807) is 0 Å². The summed E-state index contributed by atoms with van der Waals surface area (Å²) in [5, 5.41) is 10.8. The summed E-state index contributed by atoms with van der Waals surface area (Å²) in [6.45, 7) is 3.05. The van der Waals surface area contributed by atoms with Gasteiger partial charge in [0.25, 0.3) is 0 Å². The van der Waals surface area contributed by atoms with Crippen LogP contribution in [-0.4, -0.2) is 17.3 Å². The van der Waals surface area contributed by atoms with E-state index < -0.39 is 5.60 Å². The third-order valence-corrected chi connectivity index (χ3v) is 5.01. The Morgan fingerprint density at radius 2 is 2.11 bits per heavy atom. The van der Waals surface area contributed by atoms with Crippen molar-refractivity contribution in [2.75, 3.05) is 6.61 Å². The highest BCUT2D eigenvalue weighted by Crippen LogP contribution is 2.39. The topological polar surface area (TPSA) is 29.5 Å². The summed E-state index contributed by atoms with van der Waals surface area (Å²) >= 11 is 3.57. The van der Waals surface area contributed by atoms with Crippen molar-refractivity contribution in [3.63, 3.8) is 0 Å². The van der Waals surface area contributed by atoms with Crippen molar-refractivity contribution in [1.82, 2.24) is 0 Å². The van der Waals surface area contributed by atoms with Crippen LogP contribution in [0.4, 0.5) is 0 Å². The predicted octanol–water partition coefficient (Wildman–Crippen LogP) is 3.87. The Bertz CT molecular complexity index is 476. The van der Waals surface area contributed by atoms with E-state index in [1.165, 1.54) is 11.1 Å². The second kappa shape index (κ2) is 5.10. The molecule has 3 rings (SSSR count). The SMILES string of the molecule is CC1CCC(O)(Cc2cc(Br)cc3c2OCC3)CC1. The summed E-state index contributed by atoms with van der Waals surface area (Å²) in [5.74, 6) is 1.78. The van der Waals surface area contributed by atoms with Crippen molar-refractivity contribution in [2.24, 2.45) is 5.92 Å². The highest BCUT2D eigenvalue weighted by atomic mass is 79.9. The van der Waals surface area contributed by atoms with Crippen molar-refractivity contribution >= 4 is 15.9 Å². The van der Waals surface area contributed by atoms with Gasteiger partial charge in [-0.1, -0.05) is 22.9 Å². The summed E-state index contributed by atoms with van der Waals surface area (Å²) in [6.07, 6.45) is 5.80. The smallest absolute Gasteiger partial charge is 0.125 e. The normalized spacial score (nSPS) is 29.9. The number of fused-ring (bicyclic) bond motifs is 1. The van der Waals surface area contributed by atoms with Gasteiger partial charge in [-0.25, -0.2) is 0 Å². The number of hydrogen-bond donors (Lipinski definition) is 1. The van der Waals surface area contributed by atoms with Crippen LogP contribution in [0.5, 0.6) is 5.75 Å². The average Bonchev–Trinajstić information content (AvgIpc) is 2.81. The van der Waals surface area contributed by atoms with Crippen LogP contribution in [0.15, 0.2) is 16.6 Å². The van der Waals surface area contributed by atoms with Gasteiger partial charge in [0.2, 0.25) is 0 Å². The van der Waals surface area contributed by atoms with Crippen molar-refractivity contribution < 1.29 is 9.84 Å². The van der Waals surface area contributed by atoms with Crippen LogP contribution in [-0.2, 0) is 12.8 Å². The van der Waals surface area contributed by atoms with Crippen LogP contribution in [0.25, 0.3) is 0 Å². The van der Waals surface area contributed by atoms with E-state index in [9.17, 15) is 5.11 Å². The molecular formula is C16H21BrO2. The molecule has 1 aromatic rings. The van der Waals surface area contributed by atoms with Gasteiger partial charge in [-0.2, -0.15) is 0 Å². The number of ether oxygens (including phenoxy) is 1. The van der Waals surface area contributed by atoms with Gasteiger partial charge in [0.15, 0.2) is 0 Å². The summed E-state index contributed by atoms with van der Waals surface area (Å²) in [7, 11) is 0. The van der Waals surface area contributed by atoms with E-state index in [2.05, 4.69) is 35.0 Å². The van der Waals surface area contributed by atoms with Gasteiger partial charge in [0.05, 0.1) is 12.2 Å². The largest absolute Gasteiger partial charge is 0.493 e. The number of hydrogen-bond acceptors (Lipinski definition) is 2. The molecule has 2 aliphatic rings. The molecule has 1 aliphatic heterocycles. The highest BCUT2D eigenvalue weighted by molar-refractivity contribution is 9.10. The zero-order valence-corrected chi connectivity index (χ0v) is 13.0. The monoisotopic (exact) mass is 324 g/mol. The van der Waals surface area contributed by atoms with Crippen molar-refractivity contribution in [3.8, 4) is 5.75 Å². The molecular weight excluding hydrogens is 304 g/mol. The molecule has 19 heavy (non-hydrogen) atoms. The second-order valence-electron chi connectivity index (χ2n) is 6.24. The maximum absolute atomic E-state index is 10.8. The minimum atomic E-state index is -0.535. The number of rotatable bonds is 2. The van der Waals surface area contributed by atoms with Gasteiger partial charge in [-0.05, 0) is 54.9 Å². The Labute approximate surface area is 123 Å². The minimum absolute atomic E-state index is 0.535. The molecule has 1 aromatic carbocycles. The summed E-state index contributed by atoms with van der Waals surface area (Å²) in [6, 6.07) is 4.25. The van der Waals surface area contributed by atoms with Crippen molar-refractivity contribution in [2.45, 2.75) is 51.0 Å². The maximum atomic E-state index is 10.8. The quantitative estimate of drug-likeness (QED) is 0.894. The first kappa shape index (κ1) is 13.4. The Balaban J connectivity index is 1.83. The molecule has 0 radical (unpaired) electrons. The first-order valence-corrected chi connectivity index (χ1v) is 8.01. The van der Waals surface area contributed by atoms with Crippen molar-refractivity contribution in [3.05, 3.63) is 27.7 Å². The molecule has 3 heteroatoms. The van der Waals surface area contributed by atoms with E-state index in [0.717, 1.165) is 61.3 Å². The Morgan fingerprint density at radius 3 is 2.84 bits per heavy atom. The molecule has 1 heterocycles. The fourth-order valence-corrected chi connectivity index (χ4v) is 3.86. The molecule has 1 fully saturated rings. The lowest BCUT2D eigenvalue weighted by Gasteiger charge is -2.35. The molecule has 0 aromatic heterocycles. The Morgan fingerprint density at radius 1 is 1.37 bits per heavy atom. The molecule has 0 unspecified atom stereocenters. The molecule has 0 saturated heterocycles. The molecule has 2 nitrogen and oxygen atoms in total. The second-order valence-corrected chi connectivity index (χ2v) is 7.15. The molecule has 104 valence electrons. The number of benzene rings is 1. The summed E-state index contributed by atoms with van der Waals surface area (Å²) in [5.41, 5.74) is 1.91. The number of aliphatic hydroxyl groups is 1. The Hall–Kier alpha value is -0.540.